The third-order valence-electron chi connectivity index (χ3n) is 2.71. The largest absolute Gasteiger partial charge is 0.383 e. The molecule has 1 aromatic heterocycles. The van der Waals surface area contributed by atoms with Crippen molar-refractivity contribution in [2.45, 2.75) is 25.4 Å². The van der Waals surface area contributed by atoms with Gasteiger partial charge in [0, 0.05) is 25.1 Å². The summed E-state index contributed by atoms with van der Waals surface area (Å²) >= 11 is 1.76. The third kappa shape index (κ3) is 3.57. The van der Waals surface area contributed by atoms with E-state index in [-0.39, 0.29) is 5.54 Å². The molecule has 1 rings (SSSR count). The van der Waals surface area contributed by atoms with Gasteiger partial charge in [0.25, 0.3) is 0 Å². The highest BCUT2D eigenvalue weighted by molar-refractivity contribution is 7.09. The van der Waals surface area contributed by atoms with Gasteiger partial charge in [0.2, 0.25) is 0 Å². The minimum Gasteiger partial charge on any atom is -0.383 e. The summed E-state index contributed by atoms with van der Waals surface area (Å²) in [6, 6.07) is 4.19. The van der Waals surface area contributed by atoms with E-state index in [0.29, 0.717) is 13.2 Å². The van der Waals surface area contributed by atoms with Crippen LogP contribution in [-0.4, -0.2) is 25.8 Å². The van der Waals surface area contributed by atoms with Crippen molar-refractivity contribution in [2.24, 2.45) is 5.73 Å². The Balaban J connectivity index is 2.50. The lowest BCUT2D eigenvalue weighted by Gasteiger charge is -2.31. The highest BCUT2D eigenvalue weighted by Crippen LogP contribution is 2.13. The van der Waals surface area contributed by atoms with Crippen LogP contribution in [0.4, 0.5) is 0 Å². The van der Waals surface area contributed by atoms with Crippen LogP contribution in [0.3, 0.4) is 0 Å². The van der Waals surface area contributed by atoms with Crippen molar-refractivity contribution in [3.8, 4) is 0 Å². The second-order valence-electron chi connectivity index (χ2n) is 3.70. The number of methoxy groups -OCH3 is 1. The second kappa shape index (κ2) is 6.23. The van der Waals surface area contributed by atoms with Crippen molar-refractivity contribution < 1.29 is 4.74 Å². The molecular formula is C11H20N2OS. The molecule has 0 aliphatic carbocycles. The van der Waals surface area contributed by atoms with Crippen molar-refractivity contribution in [3.63, 3.8) is 0 Å². The molecule has 86 valence electrons. The maximum absolute atomic E-state index is 5.80. The minimum atomic E-state index is -0.0846. The van der Waals surface area contributed by atoms with Gasteiger partial charge in [0.1, 0.15) is 0 Å². The Hall–Kier alpha value is -0.420. The molecule has 0 aliphatic rings. The lowest BCUT2D eigenvalue weighted by molar-refractivity contribution is 0.109. The number of hydrogen-bond donors (Lipinski definition) is 2. The molecule has 0 saturated carbocycles. The Morgan fingerprint density at radius 1 is 1.60 bits per heavy atom. The summed E-state index contributed by atoms with van der Waals surface area (Å²) < 4.78 is 5.22. The zero-order chi connectivity index (χ0) is 11.1. The van der Waals surface area contributed by atoms with Crippen LogP contribution >= 0.6 is 11.3 Å². The first-order valence-corrected chi connectivity index (χ1v) is 6.10. The SMILES string of the molecule is CCC(CN)(COC)NCc1cccs1. The molecule has 0 radical (unpaired) electrons. The molecule has 0 saturated heterocycles. The Labute approximate surface area is 95.6 Å². The molecule has 0 aromatic carbocycles. The van der Waals surface area contributed by atoms with Gasteiger partial charge in [-0.3, -0.25) is 0 Å². The minimum absolute atomic E-state index is 0.0846. The first-order valence-electron chi connectivity index (χ1n) is 5.23. The van der Waals surface area contributed by atoms with Crippen LogP contribution in [0.2, 0.25) is 0 Å². The predicted molar refractivity (Wildman–Crippen MR) is 65.1 cm³/mol. The van der Waals surface area contributed by atoms with Crippen LogP contribution in [0.25, 0.3) is 0 Å². The topological polar surface area (TPSA) is 47.3 Å². The van der Waals surface area contributed by atoms with Gasteiger partial charge in [0.05, 0.1) is 12.1 Å². The maximum Gasteiger partial charge on any atom is 0.0656 e. The first kappa shape index (κ1) is 12.6. The zero-order valence-electron chi connectivity index (χ0n) is 9.45. The Bertz CT molecular complexity index is 258. The molecule has 0 aliphatic heterocycles. The van der Waals surface area contributed by atoms with Gasteiger partial charge in [-0.05, 0) is 17.9 Å². The van der Waals surface area contributed by atoms with Crippen LogP contribution in [0.5, 0.6) is 0 Å². The fraction of sp³-hybridized carbons (Fsp3) is 0.636. The molecule has 4 heteroatoms. The summed E-state index contributed by atoms with van der Waals surface area (Å²) in [5.74, 6) is 0. The zero-order valence-corrected chi connectivity index (χ0v) is 10.3. The molecule has 0 amide bonds. The highest BCUT2D eigenvalue weighted by atomic mass is 32.1. The molecule has 1 aromatic rings. The number of nitrogens with two attached hydrogens (primary N) is 1. The van der Waals surface area contributed by atoms with Gasteiger partial charge in [0.15, 0.2) is 0 Å². The first-order chi connectivity index (χ1) is 7.26. The third-order valence-corrected chi connectivity index (χ3v) is 3.58. The van der Waals surface area contributed by atoms with E-state index in [1.165, 1.54) is 4.88 Å². The number of nitrogens with one attached hydrogen (secondary N) is 1. The Morgan fingerprint density at radius 3 is 2.87 bits per heavy atom. The van der Waals surface area contributed by atoms with Crippen molar-refractivity contribution in [3.05, 3.63) is 22.4 Å². The van der Waals surface area contributed by atoms with Gasteiger partial charge in [-0.2, -0.15) is 0 Å². The van der Waals surface area contributed by atoms with E-state index in [2.05, 4.69) is 29.8 Å². The van der Waals surface area contributed by atoms with E-state index in [1.54, 1.807) is 18.4 Å². The molecule has 0 bridgehead atoms. The number of rotatable bonds is 7. The smallest absolute Gasteiger partial charge is 0.0656 e. The predicted octanol–water partition coefficient (Wildman–Crippen LogP) is 1.59. The summed E-state index contributed by atoms with van der Waals surface area (Å²) in [6.07, 6.45) is 0.975. The van der Waals surface area contributed by atoms with Crippen LogP contribution in [-0.2, 0) is 11.3 Å². The standard InChI is InChI=1S/C11H20N2OS/c1-3-11(8-12,9-14-2)13-7-10-5-4-6-15-10/h4-6,13H,3,7-9,12H2,1-2H3. The second-order valence-corrected chi connectivity index (χ2v) is 4.74. The molecular weight excluding hydrogens is 208 g/mol. The fourth-order valence-corrected chi connectivity index (χ4v) is 2.16. The molecule has 1 unspecified atom stereocenters. The van der Waals surface area contributed by atoms with E-state index in [0.717, 1.165) is 13.0 Å². The Kier molecular flexibility index (Phi) is 5.25. The monoisotopic (exact) mass is 228 g/mol. The maximum atomic E-state index is 5.80. The van der Waals surface area contributed by atoms with Gasteiger partial charge in [-0.15, -0.1) is 11.3 Å². The normalized spacial score (nSPS) is 15.1. The van der Waals surface area contributed by atoms with E-state index >= 15 is 0 Å². The molecule has 1 heterocycles. The van der Waals surface area contributed by atoms with Crippen molar-refractivity contribution in [1.82, 2.24) is 5.32 Å². The van der Waals surface area contributed by atoms with Crippen LogP contribution in [0.15, 0.2) is 17.5 Å². The molecule has 3 N–H and O–H groups in total. The lowest BCUT2D eigenvalue weighted by atomic mass is 9.97. The lowest BCUT2D eigenvalue weighted by Crippen LogP contribution is -2.53. The highest BCUT2D eigenvalue weighted by Gasteiger charge is 2.25. The number of ether oxygens (including phenoxy) is 1. The van der Waals surface area contributed by atoms with Crippen molar-refractivity contribution >= 4 is 11.3 Å². The van der Waals surface area contributed by atoms with Crippen LogP contribution < -0.4 is 11.1 Å². The summed E-state index contributed by atoms with van der Waals surface area (Å²) in [6.45, 7) is 4.26. The van der Waals surface area contributed by atoms with Crippen LogP contribution in [0, 0.1) is 0 Å². The summed E-state index contributed by atoms with van der Waals surface area (Å²) in [4.78, 5) is 1.33. The number of hydrogen-bond acceptors (Lipinski definition) is 4. The molecule has 3 nitrogen and oxygen atoms in total. The van der Waals surface area contributed by atoms with E-state index in [4.69, 9.17) is 10.5 Å². The average molecular weight is 228 g/mol. The fourth-order valence-electron chi connectivity index (χ4n) is 1.52. The number of thiophene rings is 1. The molecule has 0 fully saturated rings. The summed E-state index contributed by atoms with van der Waals surface area (Å²) in [7, 11) is 1.72. The van der Waals surface area contributed by atoms with Crippen LogP contribution in [0.1, 0.15) is 18.2 Å². The van der Waals surface area contributed by atoms with E-state index in [1.807, 2.05) is 0 Å². The molecule has 1 atom stereocenters. The van der Waals surface area contributed by atoms with Gasteiger partial charge in [-0.1, -0.05) is 13.0 Å². The van der Waals surface area contributed by atoms with Gasteiger partial charge in [-0.25, -0.2) is 0 Å². The van der Waals surface area contributed by atoms with Gasteiger partial charge < -0.3 is 15.8 Å². The Morgan fingerprint density at radius 2 is 2.40 bits per heavy atom. The molecule has 15 heavy (non-hydrogen) atoms. The van der Waals surface area contributed by atoms with E-state index < -0.39 is 0 Å². The van der Waals surface area contributed by atoms with E-state index in [9.17, 15) is 0 Å². The summed E-state index contributed by atoms with van der Waals surface area (Å²) in [5, 5.41) is 5.58. The molecule has 0 spiro atoms. The van der Waals surface area contributed by atoms with Crippen molar-refractivity contribution in [1.29, 1.82) is 0 Å². The quantitative estimate of drug-likeness (QED) is 0.745. The summed E-state index contributed by atoms with van der Waals surface area (Å²) in [5.41, 5.74) is 5.72. The average Bonchev–Trinajstić information content (AvgIpc) is 2.77. The van der Waals surface area contributed by atoms with Gasteiger partial charge >= 0.3 is 0 Å². The van der Waals surface area contributed by atoms with Crippen molar-refractivity contribution in [2.75, 3.05) is 20.3 Å².